The SMILES string of the molecule is C=C(C/C=C/C(NCc1cccc(S(C)(=O)=O)c1)/C(=C\C)C(F)(F)C1CC1)CCc1ccc(C(=O)NCC)cc1. The minimum absolute atomic E-state index is 0.0309. The number of amides is 1. The van der Waals surface area contributed by atoms with E-state index in [1.54, 1.807) is 31.2 Å². The fourth-order valence-corrected chi connectivity index (χ4v) is 5.23. The average Bonchev–Trinajstić information content (AvgIpc) is 3.77. The summed E-state index contributed by atoms with van der Waals surface area (Å²) in [7, 11) is -3.37. The van der Waals surface area contributed by atoms with Crippen molar-refractivity contribution in [3.63, 3.8) is 0 Å². The second-order valence-corrected chi connectivity index (χ2v) is 12.4. The predicted octanol–water partition coefficient (Wildman–Crippen LogP) is 6.42. The van der Waals surface area contributed by atoms with Crippen molar-refractivity contribution >= 4 is 15.7 Å². The summed E-state index contributed by atoms with van der Waals surface area (Å²) >= 11 is 0. The molecular weight excluding hydrogens is 530 g/mol. The van der Waals surface area contributed by atoms with Crippen molar-refractivity contribution in [3.05, 3.63) is 101 Å². The second kappa shape index (κ2) is 14.0. The van der Waals surface area contributed by atoms with Gasteiger partial charge < -0.3 is 10.6 Å². The molecule has 0 radical (unpaired) electrons. The van der Waals surface area contributed by atoms with Crippen molar-refractivity contribution in [2.24, 2.45) is 5.92 Å². The summed E-state index contributed by atoms with van der Waals surface area (Å²) in [5.41, 5.74) is 3.42. The first-order valence-corrected chi connectivity index (χ1v) is 15.6. The maximum Gasteiger partial charge on any atom is 0.273 e. The largest absolute Gasteiger partial charge is 0.352 e. The third kappa shape index (κ3) is 8.96. The minimum Gasteiger partial charge on any atom is -0.352 e. The number of carbonyl (C=O) groups is 1. The number of aryl methyl sites for hydroxylation is 1. The molecule has 40 heavy (non-hydrogen) atoms. The summed E-state index contributed by atoms with van der Waals surface area (Å²) in [5.74, 6) is -3.65. The molecule has 1 atom stereocenters. The van der Waals surface area contributed by atoms with Crippen LogP contribution in [0.15, 0.2) is 89.4 Å². The third-order valence-electron chi connectivity index (χ3n) is 7.03. The number of benzene rings is 2. The van der Waals surface area contributed by atoms with Crippen molar-refractivity contribution in [3.8, 4) is 0 Å². The molecule has 216 valence electrons. The topological polar surface area (TPSA) is 75.3 Å². The molecule has 1 aliphatic rings. The fourth-order valence-electron chi connectivity index (χ4n) is 4.54. The van der Waals surface area contributed by atoms with E-state index in [0.717, 1.165) is 30.2 Å². The van der Waals surface area contributed by atoms with Crippen molar-refractivity contribution in [1.29, 1.82) is 0 Å². The van der Waals surface area contributed by atoms with Gasteiger partial charge in [-0.1, -0.05) is 54.6 Å². The number of alkyl halides is 2. The standard InChI is InChI=1S/C32H40F2N2O3S/c1-5-29(32(33,34)27-19-20-27)30(36-22-25-10-8-11-28(21-25)40(4,38)39)12-7-9-23(3)13-14-24-15-17-26(18-16-24)31(37)35-6-2/h5,7-8,10-12,15-18,21,27,30,36H,3,6,9,13-14,19-20,22H2,1-2,4H3,(H,35,37)/b12-7+,29-5+. The lowest BCUT2D eigenvalue weighted by Crippen LogP contribution is -2.38. The third-order valence-corrected chi connectivity index (χ3v) is 8.14. The summed E-state index contributed by atoms with van der Waals surface area (Å²) < 4.78 is 54.3. The molecule has 1 saturated carbocycles. The molecule has 0 spiro atoms. The van der Waals surface area contributed by atoms with Crippen molar-refractivity contribution in [1.82, 2.24) is 10.6 Å². The van der Waals surface area contributed by atoms with Crippen LogP contribution >= 0.6 is 0 Å². The second-order valence-electron chi connectivity index (χ2n) is 10.4. The number of hydrogen-bond acceptors (Lipinski definition) is 4. The van der Waals surface area contributed by atoms with Gasteiger partial charge in [-0.15, -0.1) is 0 Å². The van der Waals surface area contributed by atoms with E-state index >= 15 is 8.78 Å². The highest BCUT2D eigenvalue weighted by Crippen LogP contribution is 2.48. The fraction of sp³-hybridized carbons (Fsp3) is 0.406. The lowest BCUT2D eigenvalue weighted by atomic mass is 9.95. The van der Waals surface area contributed by atoms with E-state index in [0.29, 0.717) is 36.9 Å². The lowest BCUT2D eigenvalue weighted by molar-refractivity contribution is 0.0118. The van der Waals surface area contributed by atoms with Crippen LogP contribution in [0.2, 0.25) is 0 Å². The molecule has 5 nitrogen and oxygen atoms in total. The summed E-state index contributed by atoms with van der Waals surface area (Å²) in [6.45, 7) is 8.49. The zero-order valence-corrected chi connectivity index (χ0v) is 24.4. The van der Waals surface area contributed by atoms with Gasteiger partial charge in [0.25, 0.3) is 11.8 Å². The number of halogens is 2. The van der Waals surface area contributed by atoms with Gasteiger partial charge in [-0.05, 0) is 81.3 Å². The van der Waals surface area contributed by atoms with Crippen molar-refractivity contribution in [2.75, 3.05) is 12.8 Å². The quantitative estimate of drug-likeness (QED) is 0.242. The van der Waals surface area contributed by atoms with E-state index in [1.165, 1.54) is 12.1 Å². The summed E-state index contributed by atoms with van der Waals surface area (Å²) in [4.78, 5) is 12.1. The zero-order chi connectivity index (χ0) is 29.3. The van der Waals surface area contributed by atoms with Crippen LogP contribution in [0.3, 0.4) is 0 Å². The minimum atomic E-state index is -3.37. The Labute approximate surface area is 237 Å². The van der Waals surface area contributed by atoms with Crippen molar-refractivity contribution in [2.45, 2.75) is 69.4 Å². The number of sulfone groups is 1. The Morgan fingerprint density at radius 1 is 1.15 bits per heavy atom. The molecule has 0 aromatic heterocycles. The average molecular weight is 571 g/mol. The van der Waals surface area contributed by atoms with Crippen LogP contribution in [-0.2, 0) is 22.8 Å². The first-order chi connectivity index (χ1) is 19.0. The van der Waals surface area contributed by atoms with Gasteiger partial charge in [-0.2, -0.15) is 0 Å². The number of carbonyl (C=O) groups excluding carboxylic acids is 1. The van der Waals surface area contributed by atoms with E-state index in [4.69, 9.17) is 0 Å². The van der Waals surface area contributed by atoms with Crippen molar-refractivity contribution < 1.29 is 22.0 Å². The predicted molar refractivity (Wildman–Crippen MR) is 157 cm³/mol. The van der Waals surface area contributed by atoms with E-state index in [2.05, 4.69) is 17.2 Å². The molecule has 1 fully saturated rings. The molecule has 2 N–H and O–H groups in total. The Bertz CT molecular complexity index is 1340. The molecule has 0 heterocycles. The monoisotopic (exact) mass is 570 g/mol. The van der Waals surface area contributed by atoms with Gasteiger partial charge in [0.1, 0.15) is 0 Å². The smallest absolute Gasteiger partial charge is 0.273 e. The van der Waals surface area contributed by atoms with Crippen LogP contribution < -0.4 is 10.6 Å². The Kier molecular flexibility index (Phi) is 11.0. The highest BCUT2D eigenvalue weighted by molar-refractivity contribution is 7.90. The van der Waals surface area contributed by atoms with Crippen LogP contribution in [0.5, 0.6) is 0 Å². The van der Waals surface area contributed by atoms with Crippen LogP contribution in [0.25, 0.3) is 0 Å². The zero-order valence-electron chi connectivity index (χ0n) is 23.6. The molecule has 8 heteroatoms. The molecule has 0 bridgehead atoms. The number of nitrogens with one attached hydrogen (secondary N) is 2. The molecule has 1 aliphatic carbocycles. The Balaban J connectivity index is 1.64. The van der Waals surface area contributed by atoms with Gasteiger partial charge in [0, 0.05) is 36.4 Å². The highest BCUT2D eigenvalue weighted by Gasteiger charge is 2.50. The Morgan fingerprint density at radius 2 is 1.85 bits per heavy atom. The lowest BCUT2D eigenvalue weighted by Gasteiger charge is -2.26. The van der Waals surface area contributed by atoms with Gasteiger partial charge >= 0.3 is 0 Å². The van der Waals surface area contributed by atoms with Crippen LogP contribution in [0.4, 0.5) is 8.78 Å². The van der Waals surface area contributed by atoms with Gasteiger partial charge in [-0.3, -0.25) is 4.79 Å². The number of hydrogen-bond donors (Lipinski definition) is 2. The van der Waals surface area contributed by atoms with E-state index in [9.17, 15) is 13.2 Å². The molecule has 2 aromatic rings. The van der Waals surface area contributed by atoms with Crippen LogP contribution in [0, 0.1) is 5.92 Å². The van der Waals surface area contributed by atoms with E-state index in [1.807, 2.05) is 37.3 Å². The molecule has 1 amide bonds. The summed E-state index contributed by atoms with van der Waals surface area (Å²) in [6.07, 6.45) is 9.34. The number of allylic oxidation sites excluding steroid dienone is 3. The van der Waals surface area contributed by atoms with Crippen LogP contribution in [-0.4, -0.2) is 39.1 Å². The maximum atomic E-state index is 15.2. The normalized spacial score (nSPS) is 15.3. The molecule has 1 unspecified atom stereocenters. The van der Waals surface area contributed by atoms with Crippen LogP contribution in [0.1, 0.15) is 61.0 Å². The molecule has 2 aromatic carbocycles. The van der Waals surface area contributed by atoms with Gasteiger partial charge in [0.15, 0.2) is 9.84 Å². The molecular formula is C32H40F2N2O3S. The number of rotatable bonds is 15. The first kappa shape index (κ1) is 31.4. The van der Waals surface area contributed by atoms with Gasteiger partial charge in [0.05, 0.1) is 10.9 Å². The Hall–Kier alpha value is -3.10. The highest BCUT2D eigenvalue weighted by atomic mass is 32.2. The molecule has 0 saturated heterocycles. The molecule has 0 aliphatic heterocycles. The summed E-state index contributed by atoms with van der Waals surface area (Å²) in [6, 6.07) is 13.3. The Morgan fingerprint density at radius 3 is 2.45 bits per heavy atom. The first-order valence-electron chi connectivity index (χ1n) is 13.7. The van der Waals surface area contributed by atoms with E-state index < -0.39 is 27.7 Å². The van der Waals surface area contributed by atoms with Gasteiger partial charge in [-0.25, -0.2) is 17.2 Å². The van der Waals surface area contributed by atoms with E-state index in [-0.39, 0.29) is 22.9 Å². The molecule has 3 rings (SSSR count). The van der Waals surface area contributed by atoms with Gasteiger partial charge in [0.2, 0.25) is 0 Å². The summed E-state index contributed by atoms with van der Waals surface area (Å²) in [5, 5.41) is 6.00. The maximum absolute atomic E-state index is 15.2.